The Morgan fingerprint density at radius 1 is 1.42 bits per heavy atom. The molecule has 0 aliphatic carbocycles. The van der Waals surface area contributed by atoms with Crippen molar-refractivity contribution in [2.75, 3.05) is 31.2 Å². The molecular formula is C10H15N3O5S. The maximum atomic E-state index is 11.7. The molecule has 1 aromatic carbocycles. The van der Waals surface area contributed by atoms with Crippen LogP contribution in [0.3, 0.4) is 0 Å². The number of nitro groups is 1. The van der Waals surface area contributed by atoms with Crippen LogP contribution in [-0.2, 0) is 10.0 Å². The van der Waals surface area contributed by atoms with Crippen LogP contribution < -0.4 is 14.8 Å². The highest BCUT2D eigenvalue weighted by atomic mass is 32.2. The van der Waals surface area contributed by atoms with Gasteiger partial charge in [-0.2, -0.15) is 0 Å². The second kappa shape index (κ2) is 6.34. The molecular weight excluding hydrogens is 274 g/mol. The molecule has 0 amide bonds. The molecule has 0 saturated heterocycles. The first-order valence-electron chi connectivity index (χ1n) is 5.37. The zero-order valence-corrected chi connectivity index (χ0v) is 11.4. The highest BCUT2D eigenvalue weighted by Gasteiger charge is 2.16. The normalized spacial score (nSPS) is 11.1. The lowest BCUT2D eigenvalue weighted by atomic mass is 10.2. The lowest BCUT2D eigenvalue weighted by Gasteiger charge is -2.11. The van der Waals surface area contributed by atoms with Crippen LogP contribution in [0.1, 0.15) is 0 Å². The van der Waals surface area contributed by atoms with Crippen LogP contribution in [0.15, 0.2) is 18.2 Å². The van der Waals surface area contributed by atoms with Gasteiger partial charge < -0.3 is 10.1 Å². The predicted molar refractivity (Wildman–Crippen MR) is 71.0 cm³/mol. The number of anilines is 1. The summed E-state index contributed by atoms with van der Waals surface area (Å²) < 4.78 is 30.7. The van der Waals surface area contributed by atoms with Crippen LogP contribution in [0.4, 0.5) is 11.4 Å². The number of nitrogens with one attached hydrogen (secondary N) is 2. The summed E-state index contributed by atoms with van der Waals surface area (Å²) in [5.74, 6) is -0.00821. The van der Waals surface area contributed by atoms with Crippen molar-refractivity contribution in [3.05, 3.63) is 28.3 Å². The van der Waals surface area contributed by atoms with Crippen LogP contribution in [0, 0.1) is 10.1 Å². The number of ether oxygens (including phenoxy) is 1. The third kappa shape index (κ3) is 4.38. The van der Waals surface area contributed by atoms with Gasteiger partial charge in [-0.3, -0.25) is 14.8 Å². The van der Waals surface area contributed by atoms with E-state index in [0.717, 1.165) is 6.07 Å². The van der Waals surface area contributed by atoms with Crippen molar-refractivity contribution in [3.63, 3.8) is 0 Å². The molecule has 0 radical (unpaired) electrons. The van der Waals surface area contributed by atoms with Crippen LogP contribution in [0.25, 0.3) is 0 Å². The molecule has 0 heterocycles. The Balaban J connectivity index is 2.98. The summed E-state index contributed by atoms with van der Waals surface area (Å²) in [5.41, 5.74) is -0.000717. The fraction of sp³-hybridized carbons (Fsp3) is 0.400. The highest BCUT2D eigenvalue weighted by Crippen LogP contribution is 2.29. The quantitative estimate of drug-likeness (QED) is 0.560. The Morgan fingerprint density at radius 2 is 2.11 bits per heavy atom. The first kappa shape index (κ1) is 15.2. The average molecular weight is 289 g/mol. The fourth-order valence-corrected chi connectivity index (χ4v) is 2.41. The van der Waals surface area contributed by atoms with Gasteiger partial charge >= 0.3 is 0 Å². The van der Waals surface area contributed by atoms with Gasteiger partial charge in [-0.25, -0.2) is 8.42 Å². The van der Waals surface area contributed by atoms with E-state index in [1.54, 1.807) is 7.05 Å². The van der Waals surface area contributed by atoms with E-state index in [2.05, 4.69) is 10.0 Å². The van der Waals surface area contributed by atoms with Crippen molar-refractivity contribution in [1.82, 2.24) is 5.32 Å². The van der Waals surface area contributed by atoms with E-state index < -0.39 is 14.9 Å². The van der Waals surface area contributed by atoms with Gasteiger partial charge in [0.1, 0.15) is 5.75 Å². The van der Waals surface area contributed by atoms with Gasteiger partial charge in [-0.05, 0) is 13.1 Å². The molecule has 106 valence electrons. The first-order valence-corrected chi connectivity index (χ1v) is 7.02. The first-order chi connectivity index (χ1) is 8.89. The second-order valence-electron chi connectivity index (χ2n) is 3.67. The molecule has 19 heavy (non-hydrogen) atoms. The van der Waals surface area contributed by atoms with Gasteiger partial charge in [0.2, 0.25) is 10.0 Å². The Morgan fingerprint density at radius 3 is 2.63 bits per heavy atom. The van der Waals surface area contributed by atoms with Crippen molar-refractivity contribution in [1.29, 1.82) is 0 Å². The molecule has 0 spiro atoms. The van der Waals surface area contributed by atoms with Gasteiger partial charge in [0, 0.05) is 12.6 Å². The van der Waals surface area contributed by atoms with Crippen molar-refractivity contribution in [2.45, 2.75) is 0 Å². The van der Waals surface area contributed by atoms with E-state index in [1.807, 2.05) is 0 Å². The van der Waals surface area contributed by atoms with E-state index in [9.17, 15) is 18.5 Å². The van der Waals surface area contributed by atoms with Gasteiger partial charge in [-0.1, -0.05) is 0 Å². The molecule has 1 aromatic rings. The van der Waals surface area contributed by atoms with Crippen molar-refractivity contribution >= 4 is 21.4 Å². The van der Waals surface area contributed by atoms with Crippen LogP contribution >= 0.6 is 0 Å². The van der Waals surface area contributed by atoms with E-state index in [4.69, 9.17) is 4.74 Å². The molecule has 0 unspecified atom stereocenters. The molecule has 2 N–H and O–H groups in total. The number of nitrogens with zero attached hydrogens (tertiary/aromatic N) is 1. The summed E-state index contributed by atoms with van der Waals surface area (Å²) in [6, 6.07) is 3.67. The number of sulfonamides is 1. The van der Waals surface area contributed by atoms with Crippen LogP contribution in [0.2, 0.25) is 0 Å². The molecule has 0 aliphatic rings. The second-order valence-corrected chi connectivity index (χ2v) is 5.51. The van der Waals surface area contributed by atoms with Gasteiger partial charge in [0.25, 0.3) is 5.69 Å². The minimum Gasteiger partial charge on any atom is -0.494 e. The van der Waals surface area contributed by atoms with Gasteiger partial charge in [0.05, 0.1) is 29.5 Å². The van der Waals surface area contributed by atoms with Crippen LogP contribution in [-0.4, -0.2) is 39.8 Å². The number of nitro benzene ring substituents is 1. The maximum Gasteiger partial charge on any atom is 0.273 e. The summed E-state index contributed by atoms with van der Waals surface area (Å²) in [4.78, 5) is 10.0. The van der Waals surface area contributed by atoms with E-state index in [-0.39, 0.29) is 22.9 Å². The minimum atomic E-state index is -3.52. The zero-order chi connectivity index (χ0) is 14.5. The summed E-state index contributed by atoms with van der Waals surface area (Å²) in [6.07, 6.45) is 0. The SMILES string of the molecule is CNCCS(=O)(=O)Nc1ccc([N+](=O)[O-])cc1OC. The lowest BCUT2D eigenvalue weighted by molar-refractivity contribution is -0.384. The number of benzene rings is 1. The minimum absolute atomic E-state index is 0.0993. The van der Waals surface area contributed by atoms with Crippen molar-refractivity contribution in [2.24, 2.45) is 0 Å². The predicted octanol–water partition coefficient (Wildman–Crippen LogP) is 0.564. The fourth-order valence-electron chi connectivity index (χ4n) is 1.33. The number of rotatable bonds is 7. The van der Waals surface area contributed by atoms with E-state index >= 15 is 0 Å². The van der Waals surface area contributed by atoms with Crippen molar-refractivity contribution < 1.29 is 18.1 Å². The topological polar surface area (TPSA) is 111 Å². The monoisotopic (exact) mass is 289 g/mol. The maximum absolute atomic E-state index is 11.7. The zero-order valence-electron chi connectivity index (χ0n) is 10.5. The summed E-state index contributed by atoms with van der Waals surface area (Å²) in [5, 5.41) is 13.3. The largest absolute Gasteiger partial charge is 0.494 e. The molecule has 0 aromatic heterocycles. The summed E-state index contributed by atoms with van der Waals surface area (Å²) >= 11 is 0. The Labute approximate surface area is 111 Å². The van der Waals surface area contributed by atoms with Crippen molar-refractivity contribution in [3.8, 4) is 5.75 Å². The molecule has 0 aliphatic heterocycles. The number of methoxy groups -OCH3 is 1. The summed E-state index contributed by atoms with van der Waals surface area (Å²) in [7, 11) is -0.574. The van der Waals surface area contributed by atoms with Gasteiger partial charge in [-0.15, -0.1) is 0 Å². The van der Waals surface area contributed by atoms with E-state index in [0.29, 0.717) is 6.54 Å². The third-order valence-electron chi connectivity index (χ3n) is 2.28. The number of hydrogen-bond acceptors (Lipinski definition) is 6. The standard InChI is InChI=1S/C10H15N3O5S/c1-11-5-6-19(16,17)12-9-4-3-8(13(14)15)7-10(9)18-2/h3-4,7,11-12H,5-6H2,1-2H3. The molecule has 0 bridgehead atoms. The smallest absolute Gasteiger partial charge is 0.273 e. The molecule has 1 rings (SSSR count). The number of hydrogen-bond donors (Lipinski definition) is 2. The van der Waals surface area contributed by atoms with Crippen LogP contribution in [0.5, 0.6) is 5.75 Å². The Hall–Kier alpha value is -1.87. The molecule has 0 saturated carbocycles. The third-order valence-corrected chi connectivity index (χ3v) is 3.55. The molecule has 9 heteroatoms. The van der Waals surface area contributed by atoms with E-state index in [1.165, 1.54) is 19.2 Å². The Bertz CT molecular complexity index is 558. The number of non-ortho nitro benzene ring substituents is 1. The lowest BCUT2D eigenvalue weighted by Crippen LogP contribution is -2.24. The summed E-state index contributed by atoms with van der Waals surface area (Å²) in [6.45, 7) is 0.296. The Kier molecular flexibility index (Phi) is 5.07. The molecule has 8 nitrogen and oxygen atoms in total. The highest BCUT2D eigenvalue weighted by molar-refractivity contribution is 7.92. The average Bonchev–Trinajstić information content (AvgIpc) is 2.36. The molecule has 0 fully saturated rings. The molecule has 0 atom stereocenters. The van der Waals surface area contributed by atoms with Gasteiger partial charge in [0.15, 0.2) is 0 Å².